The van der Waals surface area contributed by atoms with E-state index >= 15 is 0 Å². The van der Waals surface area contributed by atoms with Crippen molar-refractivity contribution < 1.29 is 0 Å². The van der Waals surface area contributed by atoms with Gasteiger partial charge in [-0.25, -0.2) is 4.98 Å². The molecule has 0 aliphatic rings. The number of hydrogen-bond donors (Lipinski definition) is 1. The molecule has 0 bridgehead atoms. The molecule has 4 nitrogen and oxygen atoms in total. The maximum atomic E-state index is 11.5. The average molecular weight is 215 g/mol. The molecule has 0 saturated heterocycles. The average Bonchev–Trinajstić information content (AvgIpc) is 2.29. The monoisotopic (exact) mass is 215 g/mol. The third-order valence-electron chi connectivity index (χ3n) is 2.29. The number of H-pyrrole nitrogens is 1. The highest BCUT2D eigenvalue weighted by Gasteiger charge is 2.06. The fourth-order valence-corrected chi connectivity index (χ4v) is 1.41. The molecule has 4 heteroatoms. The lowest BCUT2D eigenvalue weighted by molar-refractivity contribution is 0.812. The predicted molar refractivity (Wildman–Crippen MR) is 62.2 cm³/mol. The number of aromatic nitrogens is 3. The summed E-state index contributed by atoms with van der Waals surface area (Å²) in [7, 11) is 0. The van der Waals surface area contributed by atoms with Gasteiger partial charge in [0.15, 0.2) is 0 Å². The number of aromatic amines is 1. The second-order valence-corrected chi connectivity index (χ2v) is 3.92. The van der Waals surface area contributed by atoms with E-state index in [9.17, 15) is 4.79 Å². The Hall–Kier alpha value is -1.97. The van der Waals surface area contributed by atoms with E-state index in [0.29, 0.717) is 5.82 Å². The minimum Gasteiger partial charge on any atom is -0.306 e. The number of nitrogens with zero attached hydrogens (tertiary/aromatic N) is 2. The molecule has 2 heterocycles. The Morgan fingerprint density at radius 2 is 2.19 bits per heavy atom. The molecule has 0 amide bonds. The van der Waals surface area contributed by atoms with Crippen molar-refractivity contribution in [2.24, 2.45) is 0 Å². The molecule has 0 unspecified atom stereocenters. The van der Waals surface area contributed by atoms with Crippen molar-refractivity contribution in [1.29, 1.82) is 0 Å². The summed E-state index contributed by atoms with van der Waals surface area (Å²) in [6, 6.07) is 5.22. The van der Waals surface area contributed by atoms with Crippen LogP contribution in [0.4, 0.5) is 0 Å². The van der Waals surface area contributed by atoms with Crippen molar-refractivity contribution in [2.75, 3.05) is 0 Å². The Balaban J connectivity index is 2.54. The summed E-state index contributed by atoms with van der Waals surface area (Å²) in [6.07, 6.45) is 3.37. The molecule has 0 aliphatic carbocycles. The minimum absolute atomic E-state index is 0.127. The molecule has 0 aromatic carbocycles. The first-order valence-corrected chi connectivity index (χ1v) is 5.18. The molecule has 2 rings (SSSR count). The molecule has 1 N–H and O–H groups in total. The molecule has 0 atom stereocenters. The Morgan fingerprint density at radius 3 is 2.81 bits per heavy atom. The quantitative estimate of drug-likeness (QED) is 0.833. The van der Waals surface area contributed by atoms with Crippen molar-refractivity contribution in [3.8, 4) is 11.4 Å². The van der Waals surface area contributed by atoms with E-state index in [-0.39, 0.29) is 11.5 Å². The van der Waals surface area contributed by atoms with Gasteiger partial charge in [0, 0.05) is 24.0 Å². The van der Waals surface area contributed by atoms with Crippen molar-refractivity contribution in [3.05, 3.63) is 46.6 Å². The Morgan fingerprint density at radius 1 is 1.38 bits per heavy atom. The molecular weight excluding hydrogens is 202 g/mol. The summed E-state index contributed by atoms with van der Waals surface area (Å²) in [5, 5.41) is 0. The van der Waals surface area contributed by atoms with Gasteiger partial charge in [-0.1, -0.05) is 13.8 Å². The highest BCUT2D eigenvalue weighted by atomic mass is 16.1. The van der Waals surface area contributed by atoms with Crippen LogP contribution in [-0.4, -0.2) is 15.0 Å². The zero-order chi connectivity index (χ0) is 11.5. The first-order chi connectivity index (χ1) is 7.66. The van der Waals surface area contributed by atoms with Crippen molar-refractivity contribution in [3.63, 3.8) is 0 Å². The van der Waals surface area contributed by atoms with Crippen molar-refractivity contribution in [1.82, 2.24) is 15.0 Å². The molecule has 2 aromatic rings. The fourth-order valence-electron chi connectivity index (χ4n) is 1.41. The second-order valence-electron chi connectivity index (χ2n) is 3.92. The van der Waals surface area contributed by atoms with E-state index in [0.717, 1.165) is 11.3 Å². The van der Waals surface area contributed by atoms with Crippen molar-refractivity contribution >= 4 is 0 Å². The summed E-state index contributed by atoms with van der Waals surface area (Å²) in [6.45, 7) is 4.02. The molecule has 0 aliphatic heterocycles. The van der Waals surface area contributed by atoms with Crippen LogP contribution >= 0.6 is 0 Å². The minimum atomic E-state index is -0.127. The topological polar surface area (TPSA) is 58.6 Å². The lowest BCUT2D eigenvalue weighted by Gasteiger charge is -2.06. The number of pyridine rings is 1. The maximum Gasteiger partial charge on any atom is 0.251 e. The van der Waals surface area contributed by atoms with Crippen molar-refractivity contribution in [2.45, 2.75) is 19.8 Å². The Kier molecular flexibility index (Phi) is 2.81. The standard InChI is InChI=1S/C12H13N3O/c1-8(2)10-6-11(16)15-12(14-10)9-4-3-5-13-7-9/h3-8H,1-2H3,(H,14,15,16). The molecule has 0 spiro atoms. The van der Waals surface area contributed by atoms with Gasteiger partial charge in [-0.15, -0.1) is 0 Å². The van der Waals surface area contributed by atoms with Gasteiger partial charge in [0.25, 0.3) is 5.56 Å². The highest BCUT2D eigenvalue weighted by Crippen LogP contribution is 2.15. The maximum absolute atomic E-state index is 11.5. The van der Waals surface area contributed by atoms with E-state index in [4.69, 9.17) is 0 Å². The SMILES string of the molecule is CC(C)c1cc(=O)[nH]c(-c2cccnc2)n1. The van der Waals surface area contributed by atoms with Crippen LogP contribution in [0.5, 0.6) is 0 Å². The molecule has 0 fully saturated rings. The van der Waals surface area contributed by atoms with Gasteiger partial charge >= 0.3 is 0 Å². The molecule has 16 heavy (non-hydrogen) atoms. The van der Waals surface area contributed by atoms with Gasteiger partial charge in [-0.2, -0.15) is 0 Å². The normalized spacial score (nSPS) is 10.7. The molecule has 0 saturated carbocycles. The second kappa shape index (κ2) is 4.26. The lowest BCUT2D eigenvalue weighted by Crippen LogP contribution is -2.11. The summed E-state index contributed by atoms with van der Waals surface area (Å²) >= 11 is 0. The van der Waals surface area contributed by atoms with Gasteiger partial charge in [0.2, 0.25) is 0 Å². The summed E-state index contributed by atoms with van der Waals surface area (Å²) in [4.78, 5) is 22.6. The van der Waals surface area contributed by atoms with Gasteiger partial charge in [-0.3, -0.25) is 9.78 Å². The van der Waals surface area contributed by atoms with Crippen LogP contribution < -0.4 is 5.56 Å². The molecular formula is C12H13N3O. The van der Waals surface area contributed by atoms with Crippen LogP contribution in [0.25, 0.3) is 11.4 Å². The fraction of sp³-hybridized carbons (Fsp3) is 0.250. The largest absolute Gasteiger partial charge is 0.306 e. The van der Waals surface area contributed by atoms with Gasteiger partial charge in [-0.05, 0) is 18.1 Å². The number of rotatable bonds is 2. The zero-order valence-electron chi connectivity index (χ0n) is 9.27. The molecule has 82 valence electrons. The van der Waals surface area contributed by atoms with Crippen LogP contribution in [0.1, 0.15) is 25.5 Å². The van der Waals surface area contributed by atoms with E-state index in [1.807, 2.05) is 26.0 Å². The Bertz CT molecular complexity index is 531. The van der Waals surface area contributed by atoms with Gasteiger partial charge in [0.05, 0.1) is 5.69 Å². The Labute approximate surface area is 93.4 Å². The van der Waals surface area contributed by atoms with E-state index < -0.39 is 0 Å². The first-order valence-electron chi connectivity index (χ1n) is 5.18. The summed E-state index contributed by atoms with van der Waals surface area (Å²) < 4.78 is 0. The van der Waals surface area contributed by atoms with Crippen LogP contribution in [0.3, 0.4) is 0 Å². The smallest absolute Gasteiger partial charge is 0.251 e. The zero-order valence-corrected chi connectivity index (χ0v) is 9.27. The van der Waals surface area contributed by atoms with Crippen LogP contribution in [0, 0.1) is 0 Å². The van der Waals surface area contributed by atoms with E-state index in [1.54, 1.807) is 12.4 Å². The number of nitrogens with one attached hydrogen (secondary N) is 1. The number of hydrogen-bond acceptors (Lipinski definition) is 3. The first kappa shape index (κ1) is 10.5. The van der Waals surface area contributed by atoms with Crippen LogP contribution in [-0.2, 0) is 0 Å². The lowest BCUT2D eigenvalue weighted by atomic mass is 10.1. The molecule has 2 aromatic heterocycles. The van der Waals surface area contributed by atoms with Gasteiger partial charge in [0.1, 0.15) is 5.82 Å². The summed E-state index contributed by atoms with van der Waals surface area (Å²) in [5.74, 6) is 0.807. The highest BCUT2D eigenvalue weighted by molar-refractivity contribution is 5.52. The molecule has 0 radical (unpaired) electrons. The van der Waals surface area contributed by atoms with E-state index in [1.165, 1.54) is 6.07 Å². The summed E-state index contributed by atoms with van der Waals surface area (Å²) in [5.41, 5.74) is 1.49. The van der Waals surface area contributed by atoms with E-state index in [2.05, 4.69) is 15.0 Å². The van der Waals surface area contributed by atoms with Gasteiger partial charge < -0.3 is 4.98 Å². The van der Waals surface area contributed by atoms with Crippen LogP contribution in [0.2, 0.25) is 0 Å². The third kappa shape index (κ3) is 2.16. The third-order valence-corrected chi connectivity index (χ3v) is 2.29. The van der Waals surface area contributed by atoms with Crippen LogP contribution in [0.15, 0.2) is 35.4 Å². The predicted octanol–water partition coefficient (Wildman–Crippen LogP) is 1.96.